The quantitative estimate of drug-likeness (QED) is 0.890. The molecule has 0 atom stereocenters. The second kappa shape index (κ2) is 5.45. The first-order valence-corrected chi connectivity index (χ1v) is 5.89. The van der Waals surface area contributed by atoms with Gasteiger partial charge >= 0.3 is 0 Å². The van der Waals surface area contributed by atoms with Gasteiger partial charge in [0.2, 0.25) is 5.91 Å². The van der Waals surface area contributed by atoms with E-state index in [1.165, 1.54) is 6.92 Å². The lowest BCUT2D eigenvalue weighted by molar-refractivity contribution is -0.123. The molecule has 0 unspecified atom stereocenters. The van der Waals surface area contributed by atoms with Crippen LogP contribution < -0.4 is 5.32 Å². The monoisotopic (exact) mass is 241 g/mol. The summed E-state index contributed by atoms with van der Waals surface area (Å²) in [6.07, 6.45) is 0.300. The van der Waals surface area contributed by atoms with Gasteiger partial charge in [-0.25, -0.2) is 0 Å². The second-order valence-electron chi connectivity index (χ2n) is 4.29. The van der Waals surface area contributed by atoms with E-state index in [2.05, 4.69) is 5.32 Å². The van der Waals surface area contributed by atoms with Gasteiger partial charge in [0.25, 0.3) is 0 Å². The van der Waals surface area contributed by atoms with E-state index < -0.39 is 0 Å². The van der Waals surface area contributed by atoms with E-state index in [0.29, 0.717) is 6.42 Å². The zero-order chi connectivity index (χ0) is 13.0. The van der Waals surface area contributed by atoms with E-state index in [1.807, 2.05) is 42.5 Å². The summed E-state index contributed by atoms with van der Waals surface area (Å²) >= 11 is 0. The number of Topliss-reactive ketones (excluding diaryl/α,β-unsaturated/α-hetero) is 1. The molecule has 0 aliphatic heterocycles. The van der Waals surface area contributed by atoms with Gasteiger partial charge in [-0.2, -0.15) is 0 Å². The van der Waals surface area contributed by atoms with Gasteiger partial charge in [-0.15, -0.1) is 0 Å². The number of hydrogen-bond acceptors (Lipinski definition) is 2. The van der Waals surface area contributed by atoms with Crippen LogP contribution in [0.25, 0.3) is 10.8 Å². The van der Waals surface area contributed by atoms with E-state index in [-0.39, 0.29) is 18.2 Å². The zero-order valence-electron chi connectivity index (χ0n) is 10.3. The van der Waals surface area contributed by atoms with Crippen LogP contribution in [0, 0.1) is 0 Å². The number of nitrogens with one attached hydrogen (secondary N) is 1. The molecule has 2 rings (SSSR count). The van der Waals surface area contributed by atoms with E-state index in [9.17, 15) is 9.59 Å². The van der Waals surface area contributed by atoms with Gasteiger partial charge in [-0.3, -0.25) is 9.59 Å². The van der Waals surface area contributed by atoms with Gasteiger partial charge < -0.3 is 5.32 Å². The van der Waals surface area contributed by atoms with E-state index in [1.54, 1.807) is 0 Å². The Hall–Kier alpha value is -2.16. The van der Waals surface area contributed by atoms with E-state index >= 15 is 0 Å². The number of carbonyl (C=O) groups is 2. The summed E-state index contributed by atoms with van der Waals surface area (Å²) < 4.78 is 0. The predicted octanol–water partition coefficient (Wildman–Crippen LogP) is 2.09. The maximum absolute atomic E-state index is 11.7. The molecule has 3 heteroatoms. The third-order valence-electron chi connectivity index (χ3n) is 2.77. The van der Waals surface area contributed by atoms with Crippen LogP contribution in [0.15, 0.2) is 42.5 Å². The van der Waals surface area contributed by atoms with E-state index in [4.69, 9.17) is 0 Å². The topological polar surface area (TPSA) is 46.2 Å². The zero-order valence-corrected chi connectivity index (χ0v) is 10.3. The number of rotatable bonds is 4. The number of carbonyl (C=O) groups excluding carboxylic acids is 2. The Kier molecular flexibility index (Phi) is 3.72. The second-order valence-corrected chi connectivity index (χ2v) is 4.29. The lowest BCUT2D eigenvalue weighted by atomic mass is 10.0. The van der Waals surface area contributed by atoms with Crippen LogP contribution in [0.1, 0.15) is 12.5 Å². The van der Waals surface area contributed by atoms with Gasteiger partial charge in [-0.05, 0) is 23.3 Å². The van der Waals surface area contributed by atoms with Crippen LogP contribution in [0.3, 0.4) is 0 Å². The summed E-state index contributed by atoms with van der Waals surface area (Å²) in [5.41, 5.74) is 0.981. The minimum Gasteiger partial charge on any atom is -0.349 e. The molecule has 2 aromatic carbocycles. The molecule has 0 spiro atoms. The molecule has 0 heterocycles. The van der Waals surface area contributed by atoms with Crippen LogP contribution in [0.2, 0.25) is 0 Å². The maximum Gasteiger partial charge on any atom is 0.224 e. The molecule has 1 amide bonds. The largest absolute Gasteiger partial charge is 0.349 e. The Morgan fingerprint density at radius 2 is 1.78 bits per heavy atom. The molecule has 0 aromatic heterocycles. The highest BCUT2D eigenvalue weighted by Crippen LogP contribution is 2.18. The highest BCUT2D eigenvalue weighted by atomic mass is 16.2. The molecule has 92 valence electrons. The van der Waals surface area contributed by atoms with Crippen molar-refractivity contribution in [1.29, 1.82) is 0 Å². The summed E-state index contributed by atoms with van der Waals surface area (Å²) in [5.74, 6) is -0.164. The van der Waals surface area contributed by atoms with Crippen molar-refractivity contribution in [3.05, 3.63) is 48.0 Å². The highest BCUT2D eigenvalue weighted by Gasteiger charge is 2.06. The lowest BCUT2D eigenvalue weighted by Gasteiger charge is -2.06. The lowest BCUT2D eigenvalue weighted by Crippen LogP contribution is -2.29. The average Bonchev–Trinajstić information content (AvgIpc) is 2.37. The number of fused-ring (bicyclic) bond motifs is 1. The fourth-order valence-electron chi connectivity index (χ4n) is 1.91. The minimum absolute atomic E-state index is 0.0405. The van der Waals surface area contributed by atoms with Crippen molar-refractivity contribution >= 4 is 22.5 Å². The van der Waals surface area contributed by atoms with Crippen LogP contribution in [-0.2, 0) is 16.0 Å². The molecular formula is C15H15NO2. The fraction of sp³-hybridized carbons (Fsp3) is 0.200. The predicted molar refractivity (Wildman–Crippen MR) is 71.3 cm³/mol. The first-order valence-electron chi connectivity index (χ1n) is 5.89. The highest BCUT2D eigenvalue weighted by molar-refractivity contribution is 5.91. The number of ketones is 1. The standard InChI is InChI=1S/C15H15NO2/c1-11(17)10-16-15(18)9-13-7-4-6-12-5-2-3-8-14(12)13/h2-8H,9-10H2,1H3,(H,16,18). The van der Waals surface area contributed by atoms with Gasteiger partial charge in [0.15, 0.2) is 0 Å². The molecular weight excluding hydrogens is 226 g/mol. The van der Waals surface area contributed by atoms with Crippen molar-refractivity contribution in [3.63, 3.8) is 0 Å². The Balaban J connectivity index is 2.16. The Morgan fingerprint density at radius 3 is 2.56 bits per heavy atom. The Bertz CT molecular complexity index is 585. The molecule has 0 bridgehead atoms. The normalized spacial score (nSPS) is 10.3. The van der Waals surface area contributed by atoms with Crippen LogP contribution in [-0.4, -0.2) is 18.2 Å². The minimum atomic E-state index is -0.124. The molecule has 18 heavy (non-hydrogen) atoms. The fourth-order valence-corrected chi connectivity index (χ4v) is 1.91. The summed E-state index contributed by atoms with van der Waals surface area (Å²) in [6, 6.07) is 13.9. The summed E-state index contributed by atoms with van der Waals surface area (Å²) in [6.45, 7) is 1.56. The average molecular weight is 241 g/mol. The summed E-state index contributed by atoms with van der Waals surface area (Å²) in [5, 5.41) is 4.81. The number of benzene rings is 2. The number of amides is 1. The Labute approximate surface area is 106 Å². The van der Waals surface area contributed by atoms with Crippen molar-refractivity contribution in [2.24, 2.45) is 0 Å². The van der Waals surface area contributed by atoms with Crippen molar-refractivity contribution in [2.45, 2.75) is 13.3 Å². The molecule has 1 N–H and O–H groups in total. The molecule has 0 aliphatic carbocycles. The van der Waals surface area contributed by atoms with Gasteiger partial charge in [-0.1, -0.05) is 42.5 Å². The molecule has 3 nitrogen and oxygen atoms in total. The third-order valence-corrected chi connectivity index (χ3v) is 2.77. The van der Waals surface area contributed by atoms with Crippen molar-refractivity contribution in [3.8, 4) is 0 Å². The van der Waals surface area contributed by atoms with Gasteiger partial charge in [0.1, 0.15) is 5.78 Å². The first-order chi connectivity index (χ1) is 8.66. The van der Waals surface area contributed by atoms with Crippen molar-refractivity contribution in [2.75, 3.05) is 6.54 Å². The van der Waals surface area contributed by atoms with E-state index in [0.717, 1.165) is 16.3 Å². The van der Waals surface area contributed by atoms with Crippen LogP contribution in [0.4, 0.5) is 0 Å². The molecule has 0 saturated carbocycles. The van der Waals surface area contributed by atoms with Crippen LogP contribution >= 0.6 is 0 Å². The smallest absolute Gasteiger partial charge is 0.224 e. The van der Waals surface area contributed by atoms with Gasteiger partial charge in [0.05, 0.1) is 13.0 Å². The van der Waals surface area contributed by atoms with Crippen LogP contribution in [0.5, 0.6) is 0 Å². The first kappa shape index (κ1) is 12.3. The Morgan fingerprint density at radius 1 is 1.06 bits per heavy atom. The number of hydrogen-bond donors (Lipinski definition) is 1. The molecule has 2 aromatic rings. The molecule has 0 radical (unpaired) electrons. The van der Waals surface area contributed by atoms with Crippen molar-refractivity contribution in [1.82, 2.24) is 5.32 Å². The summed E-state index contributed by atoms with van der Waals surface area (Å²) in [7, 11) is 0. The SMILES string of the molecule is CC(=O)CNC(=O)Cc1cccc2ccccc12. The maximum atomic E-state index is 11.7. The summed E-state index contributed by atoms with van der Waals surface area (Å²) in [4.78, 5) is 22.5. The molecule has 0 aliphatic rings. The third kappa shape index (κ3) is 2.94. The molecule has 0 saturated heterocycles. The van der Waals surface area contributed by atoms with Gasteiger partial charge in [0, 0.05) is 0 Å². The van der Waals surface area contributed by atoms with Crippen molar-refractivity contribution < 1.29 is 9.59 Å². The molecule has 0 fully saturated rings.